The molecule has 0 spiro atoms. The molecule has 3 aromatic rings. The Labute approximate surface area is 152 Å². The van der Waals surface area contributed by atoms with E-state index in [1.165, 1.54) is 6.39 Å². The third-order valence-electron chi connectivity index (χ3n) is 5.06. The van der Waals surface area contributed by atoms with Gasteiger partial charge in [0, 0.05) is 30.1 Å². The lowest BCUT2D eigenvalue weighted by Crippen LogP contribution is -2.39. The van der Waals surface area contributed by atoms with Gasteiger partial charge in [-0.2, -0.15) is 4.98 Å². The molecule has 1 fully saturated rings. The largest absolute Gasteiger partial charge is 0.343 e. The molecule has 26 heavy (non-hydrogen) atoms. The van der Waals surface area contributed by atoms with Crippen LogP contribution in [0.1, 0.15) is 51.8 Å². The van der Waals surface area contributed by atoms with Crippen LogP contribution in [0.5, 0.6) is 0 Å². The van der Waals surface area contributed by atoms with Crippen molar-refractivity contribution >= 4 is 16.8 Å². The summed E-state index contributed by atoms with van der Waals surface area (Å²) in [5.41, 5.74) is 4.72. The fourth-order valence-electron chi connectivity index (χ4n) is 3.96. The van der Waals surface area contributed by atoms with Crippen molar-refractivity contribution in [3.05, 3.63) is 52.8 Å². The van der Waals surface area contributed by atoms with E-state index in [4.69, 9.17) is 4.52 Å². The molecule has 1 aliphatic rings. The van der Waals surface area contributed by atoms with Gasteiger partial charge in [-0.25, -0.2) is 0 Å². The van der Waals surface area contributed by atoms with Crippen molar-refractivity contribution in [2.24, 2.45) is 0 Å². The summed E-state index contributed by atoms with van der Waals surface area (Å²) in [6.07, 6.45) is 3.25. The number of amides is 1. The Morgan fingerprint density at radius 3 is 2.85 bits per heavy atom. The zero-order valence-corrected chi connectivity index (χ0v) is 15.3. The van der Waals surface area contributed by atoms with Crippen LogP contribution in [0.3, 0.4) is 0 Å². The van der Waals surface area contributed by atoms with Crippen LogP contribution in [0.25, 0.3) is 10.9 Å². The van der Waals surface area contributed by atoms with Crippen LogP contribution in [0, 0.1) is 20.8 Å². The first-order valence-electron chi connectivity index (χ1n) is 8.97. The van der Waals surface area contributed by atoms with Crippen molar-refractivity contribution in [2.45, 2.75) is 39.5 Å². The molecule has 4 rings (SSSR count). The lowest BCUT2D eigenvalue weighted by Gasteiger charge is -2.31. The minimum Gasteiger partial charge on any atom is -0.343 e. The van der Waals surface area contributed by atoms with Gasteiger partial charge >= 0.3 is 0 Å². The molecule has 134 valence electrons. The van der Waals surface area contributed by atoms with Crippen LogP contribution in [-0.2, 0) is 0 Å². The molecule has 0 saturated carbocycles. The highest BCUT2D eigenvalue weighted by molar-refractivity contribution is 6.07. The van der Waals surface area contributed by atoms with Crippen molar-refractivity contribution in [1.82, 2.24) is 20.0 Å². The van der Waals surface area contributed by atoms with E-state index < -0.39 is 0 Å². The summed E-state index contributed by atoms with van der Waals surface area (Å²) in [5, 5.41) is 4.91. The maximum Gasteiger partial charge on any atom is 0.254 e. The number of nitrogens with zero attached hydrogens (tertiary/aromatic N) is 4. The second-order valence-electron chi connectivity index (χ2n) is 7.17. The average molecular weight is 350 g/mol. The smallest absolute Gasteiger partial charge is 0.254 e. The fourth-order valence-corrected chi connectivity index (χ4v) is 3.96. The van der Waals surface area contributed by atoms with E-state index in [1.807, 2.05) is 30.9 Å². The third kappa shape index (κ3) is 2.96. The zero-order chi connectivity index (χ0) is 18.3. The Kier molecular flexibility index (Phi) is 4.18. The molecule has 0 aliphatic carbocycles. The van der Waals surface area contributed by atoms with Gasteiger partial charge in [-0.05, 0) is 56.9 Å². The zero-order valence-electron chi connectivity index (χ0n) is 15.3. The molecule has 1 amide bonds. The van der Waals surface area contributed by atoms with Crippen LogP contribution >= 0.6 is 0 Å². The number of benzene rings is 1. The number of carbonyl (C=O) groups is 1. The maximum absolute atomic E-state index is 13.4. The Bertz CT molecular complexity index is 960. The van der Waals surface area contributed by atoms with Crippen LogP contribution in [0.2, 0.25) is 0 Å². The van der Waals surface area contributed by atoms with Gasteiger partial charge < -0.3 is 9.42 Å². The van der Waals surface area contributed by atoms with Crippen molar-refractivity contribution in [1.29, 1.82) is 0 Å². The normalized spacial score (nSPS) is 17.7. The van der Waals surface area contributed by atoms with Crippen LogP contribution in [0.15, 0.2) is 29.1 Å². The molecule has 1 unspecified atom stereocenters. The van der Waals surface area contributed by atoms with Crippen LogP contribution in [0.4, 0.5) is 0 Å². The summed E-state index contributed by atoms with van der Waals surface area (Å²) >= 11 is 0. The highest BCUT2D eigenvalue weighted by atomic mass is 16.5. The number of rotatable bonds is 2. The van der Waals surface area contributed by atoms with Gasteiger partial charge in [0.1, 0.15) is 0 Å². The van der Waals surface area contributed by atoms with Crippen molar-refractivity contribution in [3.63, 3.8) is 0 Å². The lowest BCUT2D eigenvalue weighted by atomic mass is 9.95. The van der Waals surface area contributed by atoms with Gasteiger partial charge in [-0.1, -0.05) is 11.2 Å². The van der Waals surface area contributed by atoms with Gasteiger partial charge in [0.05, 0.1) is 11.1 Å². The van der Waals surface area contributed by atoms with Gasteiger partial charge in [-0.3, -0.25) is 9.78 Å². The number of carbonyl (C=O) groups excluding carboxylic acids is 1. The molecule has 1 saturated heterocycles. The van der Waals surface area contributed by atoms with E-state index in [0.717, 1.165) is 52.7 Å². The van der Waals surface area contributed by atoms with E-state index in [9.17, 15) is 4.79 Å². The minimum atomic E-state index is 0.0562. The topological polar surface area (TPSA) is 72.1 Å². The monoisotopic (exact) mass is 350 g/mol. The number of aryl methyl sites for hydroxylation is 3. The predicted molar refractivity (Wildman–Crippen MR) is 98.1 cm³/mol. The molecule has 6 heteroatoms. The predicted octanol–water partition coefficient (Wildman–Crippen LogP) is 3.56. The van der Waals surface area contributed by atoms with E-state index in [2.05, 4.69) is 28.1 Å². The molecular weight excluding hydrogens is 328 g/mol. The van der Waals surface area contributed by atoms with Crippen molar-refractivity contribution in [2.75, 3.05) is 13.1 Å². The number of piperidine rings is 1. The molecule has 2 aromatic heterocycles. The fraction of sp³-hybridized carbons (Fsp3) is 0.400. The molecule has 1 atom stereocenters. The molecule has 0 bridgehead atoms. The molecule has 0 N–H and O–H groups in total. The molecular formula is C20H22N4O2. The highest BCUT2D eigenvalue weighted by Gasteiger charge is 2.29. The van der Waals surface area contributed by atoms with E-state index in [1.54, 1.807) is 0 Å². The lowest BCUT2D eigenvalue weighted by molar-refractivity contribution is 0.0705. The summed E-state index contributed by atoms with van der Waals surface area (Å²) in [6.45, 7) is 7.40. The first kappa shape index (κ1) is 16.7. The van der Waals surface area contributed by atoms with Crippen molar-refractivity contribution in [3.8, 4) is 0 Å². The molecule has 1 aliphatic heterocycles. The Morgan fingerprint density at radius 1 is 1.23 bits per heavy atom. The van der Waals surface area contributed by atoms with Crippen LogP contribution < -0.4 is 0 Å². The van der Waals surface area contributed by atoms with Crippen LogP contribution in [-0.4, -0.2) is 39.0 Å². The van der Waals surface area contributed by atoms with E-state index >= 15 is 0 Å². The van der Waals surface area contributed by atoms with E-state index in [0.29, 0.717) is 12.4 Å². The summed E-state index contributed by atoms with van der Waals surface area (Å²) in [6, 6.07) is 6.06. The standard InChI is InChI=1S/C20H22N4O2/c1-12-7-13(2)18-16(9-14(3)22-17(18)8-12)20(25)24-6-4-5-15(10-24)19-21-11-26-23-19/h7-9,11,15H,4-6,10H2,1-3H3. The second-order valence-corrected chi connectivity index (χ2v) is 7.17. The summed E-state index contributed by atoms with van der Waals surface area (Å²) < 4.78 is 4.88. The van der Waals surface area contributed by atoms with Gasteiger partial charge in [0.15, 0.2) is 5.82 Å². The number of likely N-dealkylation sites (tertiary alicyclic amines) is 1. The number of aromatic nitrogens is 3. The number of hydrogen-bond acceptors (Lipinski definition) is 5. The Morgan fingerprint density at radius 2 is 2.08 bits per heavy atom. The first-order chi connectivity index (χ1) is 12.5. The molecule has 1 aromatic carbocycles. The van der Waals surface area contributed by atoms with Crippen molar-refractivity contribution < 1.29 is 9.32 Å². The van der Waals surface area contributed by atoms with Gasteiger partial charge in [0.2, 0.25) is 6.39 Å². The summed E-state index contributed by atoms with van der Waals surface area (Å²) in [5.74, 6) is 0.870. The minimum absolute atomic E-state index is 0.0562. The molecule has 3 heterocycles. The van der Waals surface area contributed by atoms with Gasteiger partial charge in [0.25, 0.3) is 5.91 Å². The number of pyridine rings is 1. The summed E-state index contributed by atoms with van der Waals surface area (Å²) in [7, 11) is 0. The number of hydrogen-bond donors (Lipinski definition) is 0. The highest BCUT2D eigenvalue weighted by Crippen LogP contribution is 2.29. The molecule has 0 radical (unpaired) electrons. The first-order valence-corrected chi connectivity index (χ1v) is 8.97. The number of fused-ring (bicyclic) bond motifs is 1. The maximum atomic E-state index is 13.4. The Hall–Kier alpha value is -2.76. The quantitative estimate of drug-likeness (QED) is 0.706. The van der Waals surface area contributed by atoms with E-state index in [-0.39, 0.29) is 11.8 Å². The second kappa shape index (κ2) is 6.52. The molecule has 6 nitrogen and oxygen atoms in total. The summed E-state index contributed by atoms with van der Waals surface area (Å²) in [4.78, 5) is 24.1. The average Bonchev–Trinajstić information content (AvgIpc) is 3.14. The SMILES string of the molecule is Cc1cc(C)c2c(C(=O)N3CCCC(c4ncon4)C3)cc(C)nc2c1. The van der Waals surface area contributed by atoms with Gasteiger partial charge in [-0.15, -0.1) is 0 Å². The Balaban J connectivity index is 1.72. The third-order valence-corrected chi connectivity index (χ3v) is 5.06.